The van der Waals surface area contributed by atoms with Gasteiger partial charge in [0.25, 0.3) is 0 Å². The van der Waals surface area contributed by atoms with Gasteiger partial charge in [0.15, 0.2) is 0 Å². The average Bonchev–Trinajstić information content (AvgIpc) is 3.20. The Balaban J connectivity index is 1.26. The molecule has 1 saturated carbocycles. The van der Waals surface area contributed by atoms with Crippen molar-refractivity contribution in [1.82, 2.24) is 10.2 Å². The van der Waals surface area contributed by atoms with Crippen LogP contribution in [0.4, 0.5) is 0 Å². The molecule has 0 amide bonds. The van der Waals surface area contributed by atoms with Crippen LogP contribution >= 0.6 is 15.9 Å². The van der Waals surface area contributed by atoms with Crippen molar-refractivity contribution in [1.29, 1.82) is 0 Å². The minimum atomic E-state index is 0.737. The Labute approximate surface area is 129 Å². The lowest BCUT2D eigenvalue weighted by Crippen LogP contribution is -2.29. The minimum Gasteiger partial charge on any atom is -0.492 e. The van der Waals surface area contributed by atoms with Gasteiger partial charge in [-0.15, -0.1) is 0 Å². The normalized spacial score (nSPS) is 23.1. The van der Waals surface area contributed by atoms with Gasteiger partial charge in [0, 0.05) is 23.6 Å². The molecule has 20 heavy (non-hydrogen) atoms. The fourth-order valence-electron chi connectivity index (χ4n) is 2.88. The summed E-state index contributed by atoms with van der Waals surface area (Å²) in [4.78, 5) is 2.67. The molecule has 2 fully saturated rings. The summed E-state index contributed by atoms with van der Waals surface area (Å²) >= 11 is 3.42. The maximum atomic E-state index is 5.70. The molecule has 1 heterocycles. The number of ether oxygens (including phenoxy) is 1. The largest absolute Gasteiger partial charge is 0.492 e. The Morgan fingerprint density at radius 3 is 2.75 bits per heavy atom. The molecule has 0 radical (unpaired) electrons. The summed E-state index contributed by atoms with van der Waals surface area (Å²) in [6.45, 7) is 5.40. The Morgan fingerprint density at radius 2 is 2.00 bits per heavy atom. The third kappa shape index (κ3) is 4.21. The van der Waals surface area contributed by atoms with E-state index in [1.807, 2.05) is 24.3 Å². The van der Waals surface area contributed by atoms with Crippen molar-refractivity contribution in [3.63, 3.8) is 0 Å². The Bertz CT molecular complexity index is 419. The SMILES string of the molecule is Brc1ccc(OCCNCC2CCN(C3CC3)C2)cc1. The third-order valence-electron chi connectivity index (χ3n) is 4.17. The second-order valence-electron chi connectivity index (χ2n) is 5.89. The van der Waals surface area contributed by atoms with Gasteiger partial charge in [0.2, 0.25) is 0 Å². The fourth-order valence-corrected chi connectivity index (χ4v) is 3.14. The molecule has 2 aliphatic rings. The zero-order valence-corrected chi connectivity index (χ0v) is 13.4. The van der Waals surface area contributed by atoms with Gasteiger partial charge < -0.3 is 15.0 Å². The van der Waals surface area contributed by atoms with Crippen molar-refractivity contribution >= 4 is 15.9 Å². The second-order valence-corrected chi connectivity index (χ2v) is 6.80. The van der Waals surface area contributed by atoms with Crippen molar-refractivity contribution in [2.24, 2.45) is 5.92 Å². The summed E-state index contributed by atoms with van der Waals surface area (Å²) in [5, 5.41) is 3.53. The van der Waals surface area contributed by atoms with E-state index in [1.165, 1.54) is 32.4 Å². The van der Waals surface area contributed by atoms with Crippen LogP contribution in [-0.4, -0.2) is 43.7 Å². The maximum Gasteiger partial charge on any atom is 0.119 e. The number of likely N-dealkylation sites (tertiary alicyclic amines) is 1. The first-order valence-electron chi connectivity index (χ1n) is 7.64. The first-order valence-corrected chi connectivity index (χ1v) is 8.44. The van der Waals surface area contributed by atoms with Gasteiger partial charge in [-0.2, -0.15) is 0 Å². The number of nitrogens with zero attached hydrogens (tertiary/aromatic N) is 1. The van der Waals surface area contributed by atoms with E-state index in [0.29, 0.717) is 0 Å². The Morgan fingerprint density at radius 1 is 1.20 bits per heavy atom. The van der Waals surface area contributed by atoms with Crippen molar-refractivity contribution in [3.8, 4) is 5.75 Å². The molecule has 0 aromatic heterocycles. The van der Waals surface area contributed by atoms with Gasteiger partial charge in [-0.1, -0.05) is 15.9 Å². The van der Waals surface area contributed by atoms with E-state index in [9.17, 15) is 0 Å². The van der Waals surface area contributed by atoms with Crippen LogP contribution in [0.25, 0.3) is 0 Å². The number of hydrogen-bond acceptors (Lipinski definition) is 3. The molecule has 110 valence electrons. The summed E-state index contributed by atoms with van der Waals surface area (Å²) in [5.41, 5.74) is 0. The van der Waals surface area contributed by atoms with Crippen LogP contribution in [0.5, 0.6) is 5.75 Å². The average molecular weight is 339 g/mol. The number of benzene rings is 1. The second kappa shape index (κ2) is 6.92. The molecule has 4 heteroatoms. The number of halogens is 1. The molecule has 1 unspecified atom stereocenters. The van der Waals surface area contributed by atoms with Gasteiger partial charge >= 0.3 is 0 Å². The van der Waals surface area contributed by atoms with E-state index in [2.05, 4.69) is 26.1 Å². The third-order valence-corrected chi connectivity index (χ3v) is 4.70. The predicted octanol–water partition coefficient (Wildman–Crippen LogP) is 2.90. The predicted molar refractivity (Wildman–Crippen MR) is 85.2 cm³/mol. The van der Waals surface area contributed by atoms with E-state index < -0.39 is 0 Å². The van der Waals surface area contributed by atoms with Gasteiger partial charge in [-0.3, -0.25) is 0 Å². The molecule has 0 bridgehead atoms. The fraction of sp³-hybridized carbons (Fsp3) is 0.625. The first kappa shape index (κ1) is 14.4. The van der Waals surface area contributed by atoms with E-state index in [-0.39, 0.29) is 0 Å². The Kier molecular flexibility index (Phi) is 4.97. The molecule has 1 aliphatic carbocycles. The van der Waals surface area contributed by atoms with E-state index in [1.54, 1.807) is 0 Å². The molecule has 0 spiro atoms. The van der Waals surface area contributed by atoms with Crippen LogP contribution < -0.4 is 10.1 Å². The molecule has 1 aromatic rings. The number of rotatable bonds is 7. The van der Waals surface area contributed by atoms with Crippen LogP contribution in [-0.2, 0) is 0 Å². The van der Waals surface area contributed by atoms with Crippen molar-refractivity contribution in [2.75, 3.05) is 32.8 Å². The van der Waals surface area contributed by atoms with Crippen molar-refractivity contribution < 1.29 is 4.74 Å². The van der Waals surface area contributed by atoms with Crippen LogP contribution in [0.2, 0.25) is 0 Å². The summed E-state index contributed by atoms with van der Waals surface area (Å²) < 4.78 is 6.79. The van der Waals surface area contributed by atoms with Crippen LogP contribution in [0.1, 0.15) is 19.3 Å². The molecular formula is C16H23BrN2O. The minimum absolute atomic E-state index is 0.737. The molecule has 1 N–H and O–H groups in total. The lowest BCUT2D eigenvalue weighted by atomic mass is 10.1. The van der Waals surface area contributed by atoms with Gasteiger partial charge in [0.1, 0.15) is 12.4 Å². The zero-order chi connectivity index (χ0) is 13.8. The molecule has 3 rings (SSSR count). The van der Waals surface area contributed by atoms with Gasteiger partial charge in [-0.05, 0) is 62.5 Å². The highest BCUT2D eigenvalue weighted by Gasteiger charge is 2.33. The highest BCUT2D eigenvalue weighted by Crippen LogP contribution is 2.31. The summed E-state index contributed by atoms with van der Waals surface area (Å²) in [5.74, 6) is 1.78. The molecule has 1 aliphatic heterocycles. The summed E-state index contributed by atoms with van der Waals surface area (Å²) in [7, 11) is 0. The van der Waals surface area contributed by atoms with Crippen molar-refractivity contribution in [3.05, 3.63) is 28.7 Å². The van der Waals surface area contributed by atoms with Crippen LogP contribution in [0, 0.1) is 5.92 Å². The highest BCUT2D eigenvalue weighted by molar-refractivity contribution is 9.10. The monoisotopic (exact) mass is 338 g/mol. The molecular weight excluding hydrogens is 316 g/mol. The molecule has 1 atom stereocenters. The van der Waals surface area contributed by atoms with Crippen molar-refractivity contribution in [2.45, 2.75) is 25.3 Å². The smallest absolute Gasteiger partial charge is 0.119 e. The standard InChI is InChI=1S/C16H23BrN2O/c17-14-1-5-16(6-2-14)20-10-8-18-11-13-7-9-19(12-13)15-3-4-15/h1-2,5-6,13,15,18H,3-4,7-12H2. The van der Waals surface area contributed by atoms with Crippen LogP contribution in [0.15, 0.2) is 28.7 Å². The van der Waals surface area contributed by atoms with Crippen LogP contribution in [0.3, 0.4) is 0 Å². The molecule has 1 saturated heterocycles. The quantitative estimate of drug-likeness (QED) is 0.773. The maximum absolute atomic E-state index is 5.70. The van der Waals surface area contributed by atoms with E-state index in [0.717, 1.165) is 41.9 Å². The van der Waals surface area contributed by atoms with E-state index in [4.69, 9.17) is 4.74 Å². The van der Waals surface area contributed by atoms with Gasteiger partial charge in [0.05, 0.1) is 0 Å². The lowest BCUT2D eigenvalue weighted by molar-refractivity contribution is 0.297. The number of nitrogens with one attached hydrogen (secondary N) is 1. The first-order chi connectivity index (χ1) is 9.81. The molecule has 3 nitrogen and oxygen atoms in total. The zero-order valence-electron chi connectivity index (χ0n) is 11.9. The summed E-state index contributed by atoms with van der Waals surface area (Å²) in [6.07, 6.45) is 4.22. The number of hydrogen-bond donors (Lipinski definition) is 1. The van der Waals surface area contributed by atoms with E-state index >= 15 is 0 Å². The molecule has 1 aromatic carbocycles. The summed E-state index contributed by atoms with van der Waals surface area (Å²) in [6, 6.07) is 8.94. The highest BCUT2D eigenvalue weighted by atomic mass is 79.9. The van der Waals surface area contributed by atoms with Gasteiger partial charge in [-0.25, -0.2) is 0 Å². The lowest BCUT2D eigenvalue weighted by Gasteiger charge is -2.15. The topological polar surface area (TPSA) is 24.5 Å². The Hall–Kier alpha value is -0.580.